The van der Waals surface area contributed by atoms with Gasteiger partial charge in [-0.15, -0.1) is 0 Å². The molecule has 2 aromatic carbocycles. The van der Waals surface area contributed by atoms with E-state index < -0.39 is 9.84 Å². The molecule has 0 saturated carbocycles. The Morgan fingerprint density at radius 1 is 1.11 bits per heavy atom. The van der Waals surface area contributed by atoms with Crippen molar-refractivity contribution in [2.24, 2.45) is 0 Å². The van der Waals surface area contributed by atoms with E-state index in [2.05, 4.69) is 15.9 Å². The minimum atomic E-state index is -3.43. The monoisotopic (exact) mass is 359 g/mol. The summed E-state index contributed by atoms with van der Waals surface area (Å²) in [5, 5.41) is 0.398. The first-order chi connectivity index (χ1) is 8.88. The van der Waals surface area contributed by atoms with Gasteiger partial charge in [0.1, 0.15) is 0 Å². The zero-order chi connectivity index (χ0) is 14.0. The average molecular weight is 361 g/mol. The summed E-state index contributed by atoms with van der Waals surface area (Å²) in [6.07, 6.45) is 0. The molecule has 100 valence electrons. The summed E-state index contributed by atoms with van der Waals surface area (Å²) in [6.45, 7) is 0. The first-order valence-electron chi connectivity index (χ1n) is 5.41. The fourth-order valence-corrected chi connectivity index (χ4v) is 3.53. The van der Waals surface area contributed by atoms with Crippen molar-refractivity contribution < 1.29 is 8.42 Å². The van der Waals surface area contributed by atoms with Crippen molar-refractivity contribution in [3.8, 4) is 0 Å². The lowest BCUT2D eigenvalue weighted by Crippen LogP contribution is -2.05. The van der Waals surface area contributed by atoms with Crippen molar-refractivity contribution >= 4 is 43.1 Å². The minimum absolute atomic E-state index is 0.168. The van der Waals surface area contributed by atoms with Crippen LogP contribution in [0.2, 0.25) is 5.02 Å². The van der Waals surface area contributed by atoms with Crippen LogP contribution in [0.15, 0.2) is 51.8 Å². The normalized spacial score (nSPS) is 11.5. The number of hydrogen-bond acceptors (Lipinski definition) is 3. The predicted octanol–water partition coefficient (Wildman–Crippen LogP) is 3.66. The molecule has 0 bridgehead atoms. The molecule has 0 aliphatic carbocycles. The Kier molecular flexibility index (Phi) is 4.18. The Morgan fingerprint density at radius 2 is 1.74 bits per heavy atom. The van der Waals surface area contributed by atoms with Crippen molar-refractivity contribution in [1.82, 2.24) is 0 Å². The quantitative estimate of drug-likeness (QED) is 0.850. The van der Waals surface area contributed by atoms with E-state index in [9.17, 15) is 8.42 Å². The molecule has 2 N–H and O–H groups in total. The van der Waals surface area contributed by atoms with Crippen LogP contribution < -0.4 is 5.73 Å². The van der Waals surface area contributed by atoms with Gasteiger partial charge >= 0.3 is 0 Å². The molecule has 3 nitrogen and oxygen atoms in total. The summed E-state index contributed by atoms with van der Waals surface area (Å²) in [7, 11) is -3.43. The van der Waals surface area contributed by atoms with Crippen LogP contribution in [0.5, 0.6) is 0 Å². The molecular formula is C13H11BrClNO2S. The maximum Gasteiger partial charge on any atom is 0.182 e. The van der Waals surface area contributed by atoms with Gasteiger partial charge in [0.25, 0.3) is 0 Å². The fraction of sp³-hybridized carbons (Fsp3) is 0.0769. The Labute approximate surface area is 125 Å². The summed E-state index contributed by atoms with van der Waals surface area (Å²) < 4.78 is 25.4. The molecule has 0 heterocycles. The zero-order valence-electron chi connectivity index (χ0n) is 9.81. The van der Waals surface area contributed by atoms with Gasteiger partial charge in [-0.3, -0.25) is 0 Å². The molecule has 0 unspecified atom stereocenters. The summed E-state index contributed by atoms with van der Waals surface area (Å²) >= 11 is 9.26. The van der Waals surface area contributed by atoms with Crippen LogP contribution in [0.3, 0.4) is 0 Å². The van der Waals surface area contributed by atoms with Crippen molar-refractivity contribution in [2.45, 2.75) is 10.6 Å². The second-order valence-electron chi connectivity index (χ2n) is 4.06. The maximum absolute atomic E-state index is 12.3. The van der Waals surface area contributed by atoms with E-state index in [1.54, 1.807) is 42.5 Å². The topological polar surface area (TPSA) is 60.2 Å². The van der Waals surface area contributed by atoms with Crippen LogP contribution in [0.25, 0.3) is 0 Å². The van der Waals surface area contributed by atoms with Crippen molar-refractivity contribution in [3.63, 3.8) is 0 Å². The van der Waals surface area contributed by atoms with Gasteiger partial charge < -0.3 is 5.73 Å². The van der Waals surface area contributed by atoms with Crippen molar-refractivity contribution in [3.05, 3.63) is 57.5 Å². The molecule has 0 radical (unpaired) electrons. The smallest absolute Gasteiger partial charge is 0.182 e. The molecule has 0 aliphatic rings. The van der Waals surface area contributed by atoms with Crippen LogP contribution in [-0.4, -0.2) is 8.42 Å². The molecule has 2 rings (SSSR count). The minimum Gasteiger partial charge on any atom is -0.399 e. The van der Waals surface area contributed by atoms with Gasteiger partial charge in [-0.25, -0.2) is 8.42 Å². The largest absolute Gasteiger partial charge is 0.399 e. The number of halogens is 2. The molecule has 0 saturated heterocycles. The number of rotatable bonds is 3. The van der Waals surface area contributed by atoms with Crippen molar-refractivity contribution in [2.75, 3.05) is 5.73 Å². The molecule has 6 heteroatoms. The molecule has 0 spiro atoms. The highest BCUT2D eigenvalue weighted by Crippen LogP contribution is 2.25. The highest BCUT2D eigenvalue weighted by atomic mass is 79.9. The summed E-state index contributed by atoms with van der Waals surface area (Å²) in [5.74, 6) is -0.168. The van der Waals surface area contributed by atoms with Gasteiger partial charge in [0.2, 0.25) is 0 Å². The van der Waals surface area contributed by atoms with Gasteiger partial charge in [0.15, 0.2) is 9.84 Å². The third-order valence-electron chi connectivity index (χ3n) is 2.59. The van der Waals surface area contributed by atoms with Crippen LogP contribution >= 0.6 is 27.5 Å². The molecule has 0 atom stereocenters. The first kappa shape index (κ1) is 14.4. The standard InChI is InChI=1S/C13H11BrClNO2S/c14-10-1-4-12(5-2-10)19(17,18)8-9-7-11(16)3-6-13(9)15/h1-7H,8,16H2. The zero-order valence-corrected chi connectivity index (χ0v) is 13.0. The molecule has 0 amide bonds. The van der Waals surface area contributed by atoms with Crippen LogP contribution in [0.4, 0.5) is 5.69 Å². The number of sulfone groups is 1. The highest BCUT2D eigenvalue weighted by molar-refractivity contribution is 9.10. The number of nitrogen functional groups attached to an aromatic ring is 1. The Bertz CT molecular complexity index is 699. The van der Waals surface area contributed by atoms with E-state index in [-0.39, 0.29) is 10.6 Å². The van der Waals surface area contributed by atoms with E-state index in [4.69, 9.17) is 17.3 Å². The van der Waals surface area contributed by atoms with Crippen LogP contribution in [-0.2, 0) is 15.6 Å². The van der Waals surface area contributed by atoms with E-state index >= 15 is 0 Å². The molecule has 0 fully saturated rings. The predicted molar refractivity (Wildman–Crippen MR) is 80.9 cm³/mol. The average Bonchev–Trinajstić information content (AvgIpc) is 2.34. The van der Waals surface area contributed by atoms with E-state index in [1.165, 1.54) is 0 Å². The summed E-state index contributed by atoms with van der Waals surface area (Å²) in [6, 6.07) is 11.3. The highest BCUT2D eigenvalue weighted by Gasteiger charge is 2.17. The lowest BCUT2D eigenvalue weighted by atomic mass is 10.2. The lowest BCUT2D eigenvalue weighted by molar-refractivity contribution is 0.595. The third kappa shape index (κ3) is 3.49. The molecular weight excluding hydrogens is 350 g/mol. The molecule has 0 aliphatic heterocycles. The Balaban J connectivity index is 2.36. The molecule has 2 aromatic rings. The van der Waals surface area contributed by atoms with E-state index in [1.807, 2.05) is 0 Å². The summed E-state index contributed by atoms with van der Waals surface area (Å²) in [5.41, 5.74) is 6.64. The van der Waals surface area contributed by atoms with Crippen molar-refractivity contribution in [1.29, 1.82) is 0 Å². The van der Waals surface area contributed by atoms with Gasteiger partial charge in [0.05, 0.1) is 10.6 Å². The fourth-order valence-electron chi connectivity index (χ4n) is 1.64. The third-order valence-corrected chi connectivity index (χ3v) is 5.17. The SMILES string of the molecule is Nc1ccc(Cl)c(CS(=O)(=O)c2ccc(Br)cc2)c1. The van der Waals surface area contributed by atoms with Crippen LogP contribution in [0.1, 0.15) is 5.56 Å². The van der Waals surface area contributed by atoms with Gasteiger partial charge in [-0.2, -0.15) is 0 Å². The van der Waals surface area contributed by atoms with Gasteiger partial charge in [0, 0.05) is 15.2 Å². The van der Waals surface area contributed by atoms with Gasteiger partial charge in [-0.1, -0.05) is 27.5 Å². The number of hydrogen-bond donors (Lipinski definition) is 1. The number of nitrogens with two attached hydrogens (primary N) is 1. The number of anilines is 1. The van der Waals surface area contributed by atoms with E-state index in [0.717, 1.165) is 4.47 Å². The maximum atomic E-state index is 12.3. The second-order valence-corrected chi connectivity index (χ2v) is 7.38. The van der Waals surface area contributed by atoms with Crippen LogP contribution in [0, 0.1) is 0 Å². The first-order valence-corrected chi connectivity index (χ1v) is 8.23. The second kappa shape index (κ2) is 5.53. The lowest BCUT2D eigenvalue weighted by Gasteiger charge is -2.07. The Morgan fingerprint density at radius 3 is 2.37 bits per heavy atom. The molecule has 19 heavy (non-hydrogen) atoms. The number of benzene rings is 2. The van der Waals surface area contributed by atoms with E-state index in [0.29, 0.717) is 16.3 Å². The van der Waals surface area contributed by atoms with Gasteiger partial charge in [-0.05, 0) is 48.0 Å². The molecule has 0 aromatic heterocycles. The Hall–Kier alpha value is -1.04. The summed E-state index contributed by atoms with van der Waals surface area (Å²) in [4.78, 5) is 0.259.